The fourth-order valence-electron chi connectivity index (χ4n) is 2.64. The summed E-state index contributed by atoms with van der Waals surface area (Å²) in [4.78, 5) is 23.6. The Morgan fingerprint density at radius 1 is 1.35 bits per heavy atom. The van der Waals surface area contributed by atoms with Crippen LogP contribution in [0.3, 0.4) is 0 Å². The molecule has 0 heterocycles. The molecule has 0 bridgehead atoms. The first-order valence-corrected chi connectivity index (χ1v) is 6.91. The molecule has 0 spiro atoms. The maximum atomic E-state index is 12.4. The number of anilines is 1. The van der Waals surface area contributed by atoms with Gasteiger partial charge in [0, 0.05) is 11.6 Å². The highest BCUT2D eigenvalue weighted by molar-refractivity contribution is 6.31. The largest absolute Gasteiger partial charge is 0.478 e. The molecule has 1 aliphatic carbocycles. The number of carbonyl (C=O) groups is 2. The number of carbonyl (C=O) groups excluding carboxylic acids is 1. The number of carboxylic acid groups (broad SMARTS) is 1. The van der Waals surface area contributed by atoms with Crippen molar-refractivity contribution >= 4 is 29.2 Å². The standard InChI is InChI=1S/C14H17ClN2O3/c15-9-3-4-10(12(18)19)11(7-9)17-13(20)14(8-16)5-1-2-6-14/h3-4,7H,1-2,5-6,8,16H2,(H,17,20)(H,18,19). The summed E-state index contributed by atoms with van der Waals surface area (Å²) in [5, 5.41) is 12.2. The number of carboxylic acids is 1. The van der Waals surface area contributed by atoms with Crippen LogP contribution in [-0.2, 0) is 4.79 Å². The third-order valence-corrected chi connectivity index (χ3v) is 4.13. The number of hydrogen-bond acceptors (Lipinski definition) is 3. The molecule has 1 aliphatic rings. The van der Waals surface area contributed by atoms with E-state index in [1.54, 1.807) is 0 Å². The van der Waals surface area contributed by atoms with Crippen LogP contribution in [0.4, 0.5) is 5.69 Å². The molecule has 0 unspecified atom stereocenters. The second-order valence-corrected chi connectivity index (χ2v) is 5.58. The quantitative estimate of drug-likeness (QED) is 0.796. The molecule has 2 rings (SSSR count). The Bertz CT molecular complexity index is 539. The zero-order valence-electron chi connectivity index (χ0n) is 11.0. The highest BCUT2D eigenvalue weighted by atomic mass is 35.5. The van der Waals surface area contributed by atoms with Crippen molar-refractivity contribution in [2.24, 2.45) is 11.1 Å². The van der Waals surface area contributed by atoms with E-state index in [1.807, 2.05) is 0 Å². The van der Waals surface area contributed by atoms with Crippen LogP contribution >= 0.6 is 11.6 Å². The third-order valence-electron chi connectivity index (χ3n) is 3.89. The van der Waals surface area contributed by atoms with Crippen LogP contribution in [0.2, 0.25) is 5.02 Å². The van der Waals surface area contributed by atoms with Crippen molar-refractivity contribution in [1.29, 1.82) is 0 Å². The average Bonchev–Trinajstić information content (AvgIpc) is 2.88. The minimum absolute atomic E-state index is 0.0212. The molecule has 1 fully saturated rings. The molecule has 1 aromatic rings. The summed E-state index contributed by atoms with van der Waals surface area (Å²) in [6.07, 6.45) is 3.40. The maximum absolute atomic E-state index is 12.4. The van der Waals surface area contributed by atoms with Gasteiger partial charge in [0.1, 0.15) is 0 Å². The molecule has 0 aromatic heterocycles. The summed E-state index contributed by atoms with van der Waals surface area (Å²) in [5.41, 5.74) is 5.40. The summed E-state index contributed by atoms with van der Waals surface area (Å²) >= 11 is 5.86. The highest BCUT2D eigenvalue weighted by Gasteiger charge is 2.40. The molecule has 0 atom stereocenters. The van der Waals surface area contributed by atoms with Crippen LogP contribution in [0.5, 0.6) is 0 Å². The van der Waals surface area contributed by atoms with Gasteiger partial charge in [-0.05, 0) is 31.0 Å². The van der Waals surface area contributed by atoms with E-state index < -0.39 is 11.4 Å². The van der Waals surface area contributed by atoms with E-state index in [2.05, 4.69) is 5.32 Å². The van der Waals surface area contributed by atoms with Gasteiger partial charge in [-0.3, -0.25) is 4.79 Å². The smallest absolute Gasteiger partial charge is 0.337 e. The Morgan fingerprint density at radius 2 is 2.00 bits per heavy atom. The van der Waals surface area contributed by atoms with Gasteiger partial charge >= 0.3 is 5.97 Å². The molecule has 5 nitrogen and oxygen atoms in total. The molecule has 0 saturated heterocycles. The molecule has 0 radical (unpaired) electrons. The molecule has 1 aromatic carbocycles. The van der Waals surface area contributed by atoms with Crippen LogP contribution in [0.1, 0.15) is 36.0 Å². The van der Waals surface area contributed by atoms with Crippen molar-refractivity contribution in [2.75, 3.05) is 11.9 Å². The van der Waals surface area contributed by atoms with Crippen LogP contribution in [-0.4, -0.2) is 23.5 Å². The molecule has 20 heavy (non-hydrogen) atoms. The molecule has 0 aliphatic heterocycles. The fourth-order valence-corrected chi connectivity index (χ4v) is 2.81. The van der Waals surface area contributed by atoms with Crippen LogP contribution in [0.25, 0.3) is 0 Å². The molecule has 6 heteroatoms. The monoisotopic (exact) mass is 296 g/mol. The molecular formula is C14H17ClN2O3. The van der Waals surface area contributed by atoms with Gasteiger partial charge in [-0.1, -0.05) is 24.4 Å². The van der Waals surface area contributed by atoms with Gasteiger partial charge in [-0.2, -0.15) is 0 Å². The number of benzene rings is 1. The van der Waals surface area contributed by atoms with E-state index in [0.717, 1.165) is 25.7 Å². The van der Waals surface area contributed by atoms with Crippen molar-refractivity contribution in [3.8, 4) is 0 Å². The zero-order valence-corrected chi connectivity index (χ0v) is 11.7. The Labute approximate surface area is 122 Å². The number of hydrogen-bond donors (Lipinski definition) is 3. The molecule has 1 amide bonds. The van der Waals surface area contributed by atoms with E-state index in [1.165, 1.54) is 18.2 Å². The average molecular weight is 297 g/mol. The molecular weight excluding hydrogens is 280 g/mol. The van der Waals surface area contributed by atoms with Crippen LogP contribution in [0.15, 0.2) is 18.2 Å². The summed E-state index contributed by atoms with van der Waals surface area (Å²) in [7, 11) is 0. The van der Waals surface area contributed by atoms with Crippen molar-refractivity contribution in [3.05, 3.63) is 28.8 Å². The fraction of sp³-hybridized carbons (Fsp3) is 0.429. The van der Waals surface area contributed by atoms with Crippen molar-refractivity contribution in [2.45, 2.75) is 25.7 Å². The third kappa shape index (κ3) is 2.78. The topological polar surface area (TPSA) is 92.4 Å². The van der Waals surface area contributed by atoms with Gasteiger partial charge in [-0.15, -0.1) is 0 Å². The minimum atomic E-state index is -1.11. The van der Waals surface area contributed by atoms with E-state index in [4.69, 9.17) is 22.4 Å². The summed E-state index contributed by atoms with van der Waals surface area (Å²) < 4.78 is 0. The SMILES string of the molecule is NCC1(C(=O)Nc2cc(Cl)ccc2C(=O)O)CCCC1. The Kier molecular flexibility index (Phi) is 4.30. The number of nitrogens with one attached hydrogen (secondary N) is 1. The molecule has 1 saturated carbocycles. The van der Waals surface area contributed by atoms with Crippen LogP contribution in [0, 0.1) is 5.41 Å². The van der Waals surface area contributed by atoms with Gasteiger partial charge in [0.05, 0.1) is 16.7 Å². The Hall–Kier alpha value is -1.59. The number of nitrogens with two attached hydrogens (primary N) is 1. The maximum Gasteiger partial charge on any atom is 0.337 e. The predicted molar refractivity (Wildman–Crippen MR) is 77.0 cm³/mol. The number of aromatic carboxylic acids is 1. The highest BCUT2D eigenvalue weighted by Crippen LogP contribution is 2.38. The lowest BCUT2D eigenvalue weighted by molar-refractivity contribution is -0.124. The van der Waals surface area contributed by atoms with Crippen molar-refractivity contribution in [3.63, 3.8) is 0 Å². The minimum Gasteiger partial charge on any atom is -0.478 e. The number of amides is 1. The molecule has 4 N–H and O–H groups in total. The predicted octanol–water partition coefficient (Wildman–Crippen LogP) is 2.50. The summed E-state index contributed by atoms with van der Waals surface area (Å²) in [6, 6.07) is 4.31. The summed E-state index contributed by atoms with van der Waals surface area (Å²) in [6.45, 7) is 0.266. The Balaban J connectivity index is 2.27. The zero-order chi connectivity index (χ0) is 14.8. The van der Waals surface area contributed by atoms with Gasteiger partial charge in [0.2, 0.25) is 5.91 Å². The lowest BCUT2D eigenvalue weighted by Gasteiger charge is -2.26. The second-order valence-electron chi connectivity index (χ2n) is 5.14. The van der Waals surface area contributed by atoms with E-state index >= 15 is 0 Å². The van der Waals surface area contributed by atoms with E-state index in [-0.39, 0.29) is 23.7 Å². The van der Waals surface area contributed by atoms with Gasteiger partial charge in [-0.25, -0.2) is 4.79 Å². The van der Waals surface area contributed by atoms with E-state index in [0.29, 0.717) is 5.02 Å². The summed E-state index contributed by atoms with van der Waals surface area (Å²) in [5.74, 6) is -1.33. The van der Waals surface area contributed by atoms with Crippen molar-refractivity contribution < 1.29 is 14.7 Å². The van der Waals surface area contributed by atoms with Gasteiger partial charge in [0.25, 0.3) is 0 Å². The normalized spacial score (nSPS) is 16.9. The van der Waals surface area contributed by atoms with Gasteiger partial charge < -0.3 is 16.2 Å². The lowest BCUT2D eigenvalue weighted by Crippen LogP contribution is -2.40. The second kappa shape index (κ2) is 5.81. The first-order valence-electron chi connectivity index (χ1n) is 6.53. The number of rotatable bonds is 4. The van der Waals surface area contributed by atoms with Crippen molar-refractivity contribution in [1.82, 2.24) is 0 Å². The first-order chi connectivity index (χ1) is 9.48. The van der Waals surface area contributed by atoms with Gasteiger partial charge in [0.15, 0.2) is 0 Å². The lowest BCUT2D eigenvalue weighted by atomic mass is 9.85. The Morgan fingerprint density at radius 3 is 2.55 bits per heavy atom. The molecule has 108 valence electrons. The number of halogens is 1. The van der Waals surface area contributed by atoms with Crippen LogP contribution < -0.4 is 11.1 Å². The first kappa shape index (κ1) is 14.8. The van der Waals surface area contributed by atoms with E-state index in [9.17, 15) is 9.59 Å².